The summed E-state index contributed by atoms with van der Waals surface area (Å²) in [5.74, 6) is -0.344. The second kappa shape index (κ2) is 4.64. The number of nitrogens with zero attached hydrogens (tertiary/aromatic N) is 1. The summed E-state index contributed by atoms with van der Waals surface area (Å²) in [6.07, 6.45) is 4.92. The molecular weight excluding hydrogens is 228 g/mol. The van der Waals surface area contributed by atoms with E-state index in [0.29, 0.717) is 0 Å². The van der Waals surface area contributed by atoms with E-state index >= 15 is 0 Å². The minimum atomic E-state index is -0.469. The lowest BCUT2D eigenvalue weighted by Gasteiger charge is -2.17. The van der Waals surface area contributed by atoms with Gasteiger partial charge in [-0.2, -0.15) is 5.10 Å². The molecule has 2 aromatic rings. The van der Waals surface area contributed by atoms with Crippen molar-refractivity contribution in [2.24, 2.45) is 0 Å². The first-order valence-corrected chi connectivity index (χ1v) is 5.79. The maximum atomic E-state index is 11.6. The zero-order chi connectivity index (χ0) is 13.2. The number of benzene rings is 1. The highest BCUT2D eigenvalue weighted by atomic mass is 16.6. The van der Waals surface area contributed by atoms with Gasteiger partial charge in [0.1, 0.15) is 5.60 Å². The van der Waals surface area contributed by atoms with Gasteiger partial charge in [0, 0.05) is 11.5 Å². The van der Waals surface area contributed by atoms with Gasteiger partial charge >= 0.3 is 5.97 Å². The van der Waals surface area contributed by atoms with Crippen LogP contribution in [-0.4, -0.2) is 21.8 Å². The highest BCUT2D eigenvalue weighted by molar-refractivity contribution is 5.93. The summed E-state index contributed by atoms with van der Waals surface area (Å²) in [5, 5.41) is 7.84. The minimum Gasteiger partial charge on any atom is -0.457 e. The van der Waals surface area contributed by atoms with Crippen LogP contribution < -0.4 is 0 Å². The third-order valence-corrected chi connectivity index (χ3v) is 2.32. The molecule has 1 aromatic heterocycles. The number of esters is 1. The predicted molar refractivity (Wildman–Crippen MR) is 71.0 cm³/mol. The molecule has 0 aliphatic heterocycles. The molecule has 4 nitrogen and oxygen atoms in total. The number of carbonyl (C=O) groups excluding carboxylic acids is 1. The summed E-state index contributed by atoms with van der Waals surface area (Å²) in [6, 6.07) is 5.78. The van der Waals surface area contributed by atoms with Crippen LogP contribution in [0.25, 0.3) is 17.0 Å². The normalized spacial score (nSPS) is 12.2. The fraction of sp³-hybridized carbons (Fsp3) is 0.286. The average Bonchev–Trinajstić information content (AvgIpc) is 2.72. The van der Waals surface area contributed by atoms with Crippen LogP contribution in [0.3, 0.4) is 0 Å². The van der Waals surface area contributed by atoms with Crippen molar-refractivity contribution in [2.75, 3.05) is 0 Å². The van der Waals surface area contributed by atoms with Crippen molar-refractivity contribution in [3.8, 4) is 0 Å². The second-order valence-corrected chi connectivity index (χ2v) is 5.05. The highest BCUT2D eigenvalue weighted by Crippen LogP contribution is 2.17. The minimum absolute atomic E-state index is 0.344. The van der Waals surface area contributed by atoms with Crippen LogP contribution in [0.2, 0.25) is 0 Å². The standard InChI is InChI=1S/C14H16N2O2/c1-14(2,3)18-13(17)8-7-10-5-4-6-12-11(10)9-15-16-12/h4-9H,1-3H3,(H,15,16)/b8-7+. The number of ether oxygens (including phenoxy) is 1. The molecule has 1 heterocycles. The zero-order valence-electron chi connectivity index (χ0n) is 10.7. The number of hydrogen-bond acceptors (Lipinski definition) is 3. The molecule has 0 radical (unpaired) electrons. The van der Waals surface area contributed by atoms with Crippen LogP contribution in [0.5, 0.6) is 0 Å². The van der Waals surface area contributed by atoms with Crippen molar-refractivity contribution in [1.29, 1.82) is 0 Å². The van der Waals surface area contributed by atoms with Crippen LogP contribution in [0.4, 0.5) is 0 Å². The van der Waals surface area contributed by atoms with E-state index in [9.17, 15) is 4.79 Å². The molecule has 4 heteroatoms. The first kappa shape index (κ1) is 12.4. The number of fused-ring (bicyclic) bond motifs is 1. The fourth-order valence-corrected chi connectivity index (χ4v) is 1.63. The Morgan fingerprint density at radius 1 is 1.39 bits per heavy atom. The molecule has 1 aromatic carbocycles. The molecule has 0 atom stereocenters. The summed E-state index contributed by atoms with van der Waals surface area (Å²) in [5.41, 5.74) is 1.41. The van der Waals surface area contributed by atoms with Crippen LogP contribution >= 0.6 is 0 Å². The summed E-state index contributed by atoms with van der Waals surface area (Å²) >= 11 is 0. The summed E-state index contributed by atoms with van der Waals surface area (Å²) in [4.78, 5) is 11.6. The van der Waals surface area contributed by atoms with Gasteiger partial charge < -0.3 is 4.74 Å². The molecule has 94 valence electrons. The largest absolute Gasteiger partial charge is 0.457 e. The molecular formula is C14H16N2O2. The molecule has 0 saturated heterocycles. The topological polar surface area (TPSA) is 55.0 Å². The maximum absolute atomic E-state index is 11.6. The first-order valence-electron chi connectivity index (χ1n) is 5.79. The number of carbonyl (C=O) groups is 1. The van der Waals surface area contributed by atoms with Crippen LogP contribution in [0.1, 0.15) is 26.3 Å². The molecule has 1 N–H and O–H groups in total. The molecule has 0 saturated carbocycles. The number of nitrogens with one attached hydrogen (secondary N) is 1. The van der Waals surface area contributed by atoms with Gasteiger partial charge in [0.05, 0.1) is 11.7 Å². The average molecular weight is 244 g/mol. The van der Waals surface area contributed by atoms with Gasteiger partial charge in [0.25, 0.3) is 0 Å². The molecule has 0 unspecified atom stereocenters. The van der Waals surface area contributed by atoms with Crippen LogP contribution in [-0.2, 0) is 9.53 Å². The van der Waals surface area contributed by atoms with E-state index in [1.807, 2.05) is 39.0 Å². The van der Waals surface area contributed by atoms with Crippen molar-refractivity contribution in [1.82, 2.24) is 10.2 Å². The molecule has 18 heavy (non-hydrogen) atoms. The second-order valence-electron chi connectivity index (χ2n) is 5.05. The van der Waals surface area contributed by atoms with Crippen molar-refractivity contribution < 1.29 is 9.53 Å². The van der Waals surface area contributed by atoms with Gasteiger partial charge in [0.2, 0.25) is 0 Å². The Morgan fingerprint density at radius 3 is 2.89 bits per heavy atom. The zero-order valence-corrected chi connectivity index (χ0v) is 10.7. The van der Waals surface area contributed by atoms with Gasteiger partial charge in [-0.05, 0) is 38.5 Å². The Bertz CT molecular complexity index is 591. The Morgan fingerprint density at radius 2 is 2.17 bits per heavy atom. The van der Waals surface area contributed by atoms with Gasteiger partial charge in [-0.25, -0.2) is 4.79 Å². The van der Waals surface area contributed by atoms with Gasteiger partial charge in [0.15, 0.2) is 0 Å². The van der Waals surface area contributed by atoms with E-state index in [4.69, 9.17) is 4.74 Å². The van der Waals surface area contributed by atoms with E-state index < -0.39 is 5.60 Å². The maximum Gasteiger partial charge on any atom is 0.331 e. The lowest BCUT2D eigenvalue weighted by molar-refractivity contribution is -0.148. The van der Waals surface area contributed by atoms with E-state index in [0.717, 1.165) is 16.5 Å². The van der Waals surface area contributed by atoms with Crippen LogP contribution in [0.15, 0.2) is 30.5 Å². The fourth-order valence-electron chi connectivity index (χ4n) is 1.63. The van der Waals surface area contributed by atoms with Gasteiger partial charge in [-0.1, -0.05) is 12.1 Å². The Kier molecular flexibility index (Phi) is 3.19. The van der Waals surface area contributed by atoms with Crippen molar-refractivity contribution in [3.05, 3.63) is 36.0 Å². The number of rotatable bonds is 2. The van der Waals surface area contributed by atoms with Gasteiger partial charge in [-0.3, -0.25) is 5.10 Å². The quantitative estimate of drug-likeness (QED) is 0.652. The summed E-state index contributed by atoms with van der Waals surface area (Å²) < 4.78 is 5.20. The summed E-state index contributed by atoms with van der Waals surface area (Å²) in [7, 11) is 0. The predicted octanol–water partition coefficient (Wildman–Crippen LogP) is 2.92. The molecule has 0 fully saturated rings. The monoisotopic (exact) mass is 244 g/mol. The first-order chi connectivity index (χ1) is 8.46. The molecule has 0 aliphatic rings. The van der Waals surface area contributed by atoms with E-state index in [1.54, 1.807) is 12.3 Å². The summed E-state index contributed by atoms with van der Waals surface area (Å²) in [6.45, 7) is 5.53. The Labute approximate surface area is 106 Å². The van der Waals surface area contributed by atoms with Crippen LogP contribution in [0, 0.1) is 0 Å². The molecule has 0 bridgehead atoms. The molecule has 0 aliphatic carbocycles. The molecule has 0 spiro atoms. The van der Waals surface area contributed by atoms with Crippen molar-refractivity contribution in [3.63, 3.8) is 0 Å². The van der Waals surface area contributed by atoms with E-state index in [2.05, 4.69) is 10.2 Å². The highest BCUT2D eigenvalue weighted by Gasteiger charge is 2.13. The Hall–Kier alpha value is -2.10. The SMILES string of the molecule is CC(C)(C)OC(=O)/C=C/c1cccc2[nH]ncc12. The van der Waals surface area contributed by atoms with E-state index in [1.165, 1.54) is 6.08 Å². The third kappa shape index (κ3) is 2.97. The smallest absolute Gasteiger partial charge is 0.331 e. The van der Waals surface area contributed by atoms with E-state index in [-0.39, 0.29) is 5.97 Å². The molecule has 0 amide bonds. The van der Waals surface area contributed by atoms with Crippen molar-refractivity contribution in [2.45, 2.75) is 26.4 Å². The lowest BCUT2D eigenvalue weighted by Crippen LogP contribution is -2.22. The third-order valence-electron chi connectivity index (χ3n) is 2.32. The van der Waals surface area contributed by atoms with Gasteiger partial charge in [-0.15, -0.1) is 0 Å². The number of aromatic nitrogens is 2. The number of aromatic amines is 1. The van der Waals surface area contributed by atoms with Crippen molar-refractivity contribution >= 4 is 22.9 Å². The Balaban J connectivity index is 2.19. The number of H-pyrrole nitrogens is 1. The lowest BCUT2D eigenvalue weighted by atomic mass is 10.1. The number of hydrogen-bond donors (Lipinski definition) is 1. The molecule has 2 rings (SSSR count).